The van der Waals surface area contributed by atoms with Crippen LogP contribution in [0.5, 0.6) is 0 Å². The van der Waals surface area contributed by atoms with Gasteiger partial charge in [0.25, 0.3) is 11.2 Å². The van der Waals surface area contributed by atoms with E-state index in [1.165, 1.54) is 0 Å². The standard InChI is InChI=1S/C16H10F12N2O2/c17-13(18,19)11(31,14(20,21)22)7-2-1-5-3-9(29)8(4-6(5)10(7)30)12(32,15(23,24)25)16(26,27)28/h1-4,31-32H,29-30H2. The van der Waals surface area contributed by atoms with Crippen molar-refractivity contribution in [2.45, 2.75) is 35.9 Å². The molecule has 4 nitrogen and oxygen atoms in total. The predicted octanol–water partition coefficient (Wildman–Crippen LogP) is 4.63. The molecule has 0 heterocycles. The van der Waals surface area contributed by atoms with Crippen LogP contribution < -0.4 is 11.5 Å². The van der Waals surface area contributed by atoms with E-state index in [1.54, 1.807) is 0 Å². The Bertz CT molecular complexity index is 1010. The maximum absolute atomic E-state index is 13.2. The Labute approximate surface area is 169 Å². The Kier molecular flexibility index (Phi) is 5.56. The molecule has 6 N–H and O–H groups in total. The van der Waals surface area contributed by atoms with Gasteiger partial charge in [-0.15, -0.1) is 0 Å². The lowest BCUT2D eigenvalue weighted by Gasteiger charge is -2.35. The van der Waals surface area contributed by atoms with Gasteiger partial charge in [-0.1, -0.05) is 12.1 Å². The molecule has 0 amide bonds. The highest BCUT2D eigenvalue weighted by Gasteiger charge is 2.73. The average Bonchev–Trinajstić information content (AvgIpc) is 2.56. The Morgan fingerprint density at radius 3 is 1.31 bits per heavy atom. The van der Waals surface area contributed by atoms with E-state index in [2.05, 4.69) is 0 Å². The molecule has 2 aromatic rings. The number of aliphatic hydroxyl groups is 2. The highest BCUT2D eigenvalue weighted by molar-refractivity contribution is 5.97. The lowest BCUT2D eigenvalue weighted by molar-refractivity contribution is -0.376. The zero-order valence-electron chi connectivity index (χ0n) is 14.9. The fraction of sp³-hybridized carbons (Fsp3) is 0.375. The molecule has 0 bridgehead atoms. The monoisotopic (exact) mass is 490 g/mol. The molecule has 0 unspecified atom stereocenters. The number of fused-ring (bicyclic) bond motifs is 1. The number of alkyl halides is 12. The summed E-state index contributed by atoms with van der Waals surface area (Å²) in [6.45, 7) is 0. The zero-order valence-corrected chi connectivity index (χ0v) is 14.9. The second kappa shape index (κ2) is 6.94. The zero-order chi connectivity index (χ0) is 25.3. The van der Waals surface area contributed by atoms with Gasteiger partial charge in [-0.3, -0.25) is 0 Å². The molecule has 0 aliphatic carbocycles. The summed E-state index contributed by atoms with van der Waals surface area (Å²) in [4.78, 5) is 0. The van der Waals surface area contributed by atoms with E-state index in [-0.39, 0.29) is 12.1 Å². The topological polar surface area (TPSA) is 92.5 Å². The van der Waals surface area contributed by atoms with Crippen molar-refractivity contribution in [2.75, 3.05) is 11.5 Å². The van der Waals surface area contributed by atoms with Crippen LogP contribution in [0, 0.1) is 0 Å². The van der Waals surface area contributed by atoms with Gasteiger partial charge in [0.1, 0.15) is 0 Å². The van der Waals surface area contributed by atoms with E-state index < -0.39 is 69.2 Å². The maximum atomic E-state index is 13.2. The number of anilines is 2. The van der Waals surface area contributed by atoms with E-state index in [9.17, 15) is 62.9 Å². The van der Waals surface area contributed by atoms with Gasteiger partial charge in [0.05, 0.1) is 0 Å². The van der Waals surface area contributed by atoms with E-state index in [1.807, 2.05) is 0 Å². The first-order chi connectivity index (χ1) is 14.0. The summed E-state index contributed by atoms with van der Waals surface area (Å²) in [5, 5.41) is 17.2. The van der Waals surface area contributed by atoms with Crippen molar-refractivity contribution in [2.24, 2.45) is 0 Å². The third-order valence-electron chi connectivity index (χ3n) is 4.65. The van der Waals surface area contributed by atoms with E-state index in [0.29, 0.717) is 12.1 Å². The minimum absolute atomic E-state index is 0.0392. The number of benzene rings is 2. The summed E-state index contributed by atoms with van der Waals surface area (Å²) in [5.74, 6) is 0. The Balaban J connectivity index is 3.01. The molecule has 2 aromatic carbocycles. The molecule has 0 aliphatic rings. The largest absolute Gasteiger partial charge is 0.430 e. The van der Waals surface area contributed by atoms with Gasteiger partial charge in [-0.2, -0.15) is 52.7 Å². The summed E-state index contributed by atoms with van der Waals surface area (Å²) in [6.07, 6.45) is -25.8. The average molecular weight is 490 g/mol. The first kappa shape index (κ1) is 25.6. The molecule has 0 aromatic heterocycles. The summed E-state index contributed by atoms with van der Waals surface area (Å²) < 4.78 is 158. The number of hydrogen-bond acceptors (Lipinski definition) is 4. The van der Waals surface area contributed by atoms with Crippen LogP contribution in [0.4, 0.5) is 64.1 Å². The second-order valence-electron chi connectivity index (χ2n) is 6.60. The molecule has 32 heavy (non-hydrogen) atoms. The first-order valence-corrected chi connectivity index (χ1v) is 7.86. The van der Waals surface area contributed by atoms with Crippen LogP contribution in [-0.2, 0) is 11.2 Å². The molecule has 0 fully saturated rings. The van der Waals surface area contributed by atoms with Gasteiger partial charge >= 0.3 is 24.7 Å². The molecule has 0 saturated carbocycles. The fourth-order valence-electron chi connectivity index (χ4n) is 2.97. The number of halogens is 12. The minimum atomic E-state index is -6.46. The molecule has 180 valence electrons. The molecule has 16 heteroatoms. The molecule has 0 aliphatic heterocycles. The van der Waals surface area contributed by atoms with Crippen LogP contribution in [0.3, 0.4) is 0 Å². The normalized spacial score (nSPS) is 14.8. The highest BCUT2D eigenvalue weighted by atomic mass is 19.4. The van der Waals surface area contributed by atoms with Crippen LogP contribution in [0.2, 0.25) is 0 Å². The number of hydrogen-bond donors (Lipinski definition) is 4. The first-order valence-electron chi connectivity index (χ1n) is 7.86. The van der Waals surface area contributed by atoms with Gasteiger partial charge in [-0.05, 0) is 17.5 Å². The lowest BCUT2D eigenvalue weighted by atomic mass is 9.85. The molecule has 0 saturated heterocycles. The number of rotatable bonds is 2. The lowest BCUT2D eigenvalue weighted by Crippen LogP contribution is -2.54. The smallest absolute Gasteiger partial charge is 0.398 e. The van der Waals surface area contributed by atoms with E-state index in [0.717, 1.165) is 0 Å². The fourth-order valence-corrected chi connectivity index (χ4v) is 2.97. The summed E-state index contributed by atoms with van der Waals surface area (Å²) in [7, 11) is 0. The van der Waals surface area contributed by atoms with Gasteiger partial charge in [0, 0.05) is 27.9 Å². The van der Waals surface area contributed by atoms with Crippen LogP contribution in [0.1, 0.15) is 11.1 Å². The molecular weight excluding hydrogens is 480 g/mol. The van der Waals surface area contributed by atoms with Crippen LogP contribution in [0.25, 0.3) is 10.8 Å². The van der Waals surface area contributed by atoms with Crippen LogP contribution in [-0.4, -0.2) is 34.9 Å². The van der Waals surface area contributed by atoms with E-state index >= 15 is 0 Å². The van der Waals surface area contributed by atoms with Gasteiger partial charge < -0.3 is 21.7 Å². The van der Waals surface area contributed by atoms with Gasteiger partial charge in [-0.25, -0.2) is 0 Å². The minimum Gasteiger partial charge on any atom is -0.398 e. The van der Waals surface area contributed by atoms with Gasteiger partial charge in [0.2, 0.25) is 0 Å². The quantitative estimate of drug-likeness (QED) is 0.365. The third-order valence-corrected chi connectivity index (χ3v) is 4.65. The predicted molar refractivity (Wildman–Crippen MR) is 84.8 cm³/mol. The molecule has 2 rings (SSSR count). The SMILES string of the molecule is Nc1cc2ccc(C(O)(C(F)(F)F)C(F)(F)F)c(N)c2cc1C(O)(C(F)(F)F)C(F)(F)F. The van der Waals surface area contributed by atoms with Crippen molar-refractivity contribution in [3.8, 4) is 0 Å². The third kappa shape index (κ3) is 3.44. The van der Waals surface area contributed by atoms with Crippen LogP contribution >= 0.6 is 0 Å². The summed E-state index contributed by atoms with van der Waals surface area (Å²) >= 11 is 0. The van der Waals surface area contributed by atoms with Crippen LogP contribution in [0.15, 0.2) is 24.3 Å². The number of nitrogen functional groups attached to an aromatic ring is 2. The van der Waals surface area contributed by atoms with Gasteiger partial charge in [0.15, 0.2) is 0 Å². The Hall–Kier alpha value is -2.62. The molecule has 0 spiro atoms. The second-order valence-corrected chi connectivity index (χ2v) is 6.60. The van der Waals surface area contributed by atoms with Crippen molar-refractivity contribution in [3.05, 3.63) is 35.4 Å². The highest BCUT2D eigenvalue weighted by Crippen LogP contribution is 2.55. The van der Waals surface area contributed by atoms with Crippen molar-refractivity contribution >= 4 is 22.1 Å². The van der Waals surface area contributed by atoms with Crippen molar-refractivity contribution < 1.29 is 62.9 Å². The van der Waals surface area contributed by atoms with E-state index in [4.69, 9.17) is 11.5 Å². The van der Waals surface area contributed by atoms with Crippen molar-refractivity contribution in [1.29, 1.82) is 0 Å². The molecule has 0 atom stereocenters. The number of nitrogens with two attached hydrogens (primary N) is 2. The summed E-state index contributed by atoms with van der Waals surface area (Å²) in [5.41, 5.74) is -8.11. The molecule has 0 radical (unpaired) electrons. The van der Waals surface area contributed by atoms with Crippen molar-refractivity contribution in [3.63, 3.8) is 0 Å². The Morgan fingerprint density at radius 1 is 0.562 bits per heavy atom. The van der Waals surface area contributed by atoms with Crippen molar-refractivity contribution in [1.82, 2.24) is 0 Å². The Morgan fingerprint density at radius 2 is 0.938 bits per heavy atom. The molecular formula is C16H10F12N2O2. The maximum Gasteiger partial charge on any atom is 0.430 e. The summed E-state index contributed by atoms with van der Waals surface area (Å²) in [6, 6.07) is 0.534.